The van der Waals surface area contributed by atoms with Crippen molar-refractivity contribution >= 4 is 0 Å². The van der Waals surface area contributed by atoms with Crippen LogP contribution < -0.4 is 4.74 Å². The van der Waals surface area contributed by atoms with Gasteiger partial charge >= 0.3 is 0 Å². The number of aliphatic hydroxyl groups excluding tert-OH is 1. The Morgan fingerprint density at radius 2 is 1.72 bits per heavy atom. The molecule has 3 heteroatoms. The third-order valence-corrected chi connectivity index (χ3v) is 10.1. The van der Waals surface area contributed by atoms with Crippen LogP contribution in [-0.4, -0.2) is 22.4 Å². The maximum absolute atomic E-state index is 10.9. The normalized spacial score (nSPS) is 45.2. The first-order valence-corrected chi connectivity index (χ1v) is 11.8. The van der Waals surface area contributed by atoms with Gasteiger partial charge in [0.05, 0.1) is 0 Å². The number of hydrogen-bond acceptors (Lipinski definition) is 3. The lowest BCUT2D eigenvalue weighted by atomic mass is 9.37. The number of rotatable bonds is 1. The smallest absolute Gasteiger partial charge is 0.123 e. The monoisotopic (exact) mass is 398 g/mol. The second-order valence-corrected chi connectivity index (χ2v) is 11.9. The van der Waals surface area contributed by atoms with Crippen molar-refractivity contribution in [3.63, 3.8) is 0 Å². The maximum Gasteiger partial charge on any atom is 0.123 e. The second-order valence-electron chi connectivity index (χ2n) is 11.9. The molecule has 1 aromatic carbocycles. The minimum atomic E-state index is -0.150. The fourth-order valence-electron chi connectivity index (χ4n) is 8.88. The molecule has 3 nitrogen and oxygen atoms in total. The predicted octanol–water partition coefficient (Wildman–Crippen LogP) is 5.72. The van der Waals surface area contributed by atoms with Gasteiger partial charge in [-0.2, -0.15) is 0 Å². The molecule has 160 valence electrons. The summed E-state index contributed by atoms with van der Waals surface area (Å²) in [6.45, 7) is 10.0. The average Bonchev–Trinajstić information content (AvgIpc) is 2.66. The van der Waals surface area contributed by atoms with Crippen LogP contribution in [0.25, 0.3) is 0 Å². The fraction of sp³-hybridized carbons (Fsp3) is 0.769. The van der Waals surface area contributed by atoms with E-state index in [2.05, 4.69) is 27.7 Å². The van der Waals surface area contributed by atoms with Gasteiger partial charge in [0.15, 0.2) is 0 Å². The summed E-state index contributed by atoms with van der Waals surface area (Å²) in [5.74, 6) is 2.89. The SMILES string of the molecule is CC1(C)CCC[C@@]2(CO)C1CC[C@]1(C)C2CC[C@]2(C)Oc3ccc(O)cc3CC12. The summed E-state index contributed by atoms with van der Waals surface area (Å²) in [6.07, 6.45) is 9.36. The second kappa shape index (κ2) is 6.15. The van der Waals surface area contributed by atoms with E-state index in [0.717, 1.165) is 30.6 Å². The molecule has 2 N–H and O–H groups in total. The fourth-order valence-corrected chi connectivity index (χ4v) is 8.88. The molecular weight excluding hydrogens is 360 g/mol. The number of ether oxygens (including phenoxy) is 1. The molecule has 1 aromatic rings. The number of fused-ring (bicyclic) bond motifs is 6. The van der Waals surface area contributed by atoms with Gasteiger partial charge in [-0.05, 0) is 98.3 Å². The van der Waals surface area contributed by atoms with Crippen LogP contribution in [0, 0.1) is 34.0 Å². The molecule has 1 aliphatic heterocycles. The van der Waals surface area contributed by atoms with Gasteiger partial charge in [0.25, 0.3) is 0 Å². The maximum atomic E-state index is 10.9. The lowest BCUT2D eigenvalue weighted by Crippen LogP contribution is -2.66. The van der Waals surface area contributed by atoms with E-state index in [0.29, 0.717) is 35.5 Å². The summed E-state index contributed by atoms with van der Waals surface area (Å²) in [7, 11) is 0. The van der Waals surface area contributed by atoms with E-state index >= 15 is 0 Å². The zero-order chi connectivity index (χ0) is 20.7. The molecule has 0 radical (unpaired) electrons. The highest BCUT2D eigenvalue weighted by Crippen LogP contribution is 2.70. The van der Waals surface area contributed by atoms with E-state index in [1.54, 1.807) is 6.07 Å². The molecule has 3 aliphatic carbocycles. The van der Waals surface area contributed by atoms with Crippen LogP contribution in [0.4, 0.5) is 0 Å². The lowest BCUT2D eigenvalue weighted by Gasteiger charge is -2.69. The molecule has 3 unspecified atom stereocenters. The van der Waals surface area contributed by atoms with E-state index in [-0.39, 0.29) is 16.4 Å². The number of aliphatic hydroxyl groups is 1. The van der Waals surface area contributed by atoms with Crippen molar-refractivity contribution in [1.82, 2.24) is 0 Å². The van der Waals surface area contributed by atoms with Gasteiger partial charge in [-0.15, -0.1) is 0 Å². The third kappa shape index (κ3) is 2.58. The Morgan fingerprint density at radius 3 is 2.48 bits per heavy atom. The van der Waals surface area contributed by atoms with Gasteiger partial charge in [-0.3, -0.25) is 0 Å². The largest absolute Gasteiger partial charge is 0.508 e. The lowest BCUT2D eigenvalue weighted by molar-refractivity contribution is -0.223. The highest BCUT2D eigenvalue weighted by Gasteiger charge is 2.66. The van der Waals surface area contributed by atoms with Crippen molar-refractivity contribution in [3.05, 3.63) is 23.8 Å². The quantitative estimate of drug-likeness (QED) is 0.636. The van der Waals surface area contributed by atoms with Crippen LogP contribution in [0.5, 0.6) is 11.5 Å². The summed E-state index contributed by atoms with van der Waals surface area (Å²) >= 11 is 0. The summed E-state index contributed by atoms with van der Waals surface area (Å²) in [6, 6.07) is 5.58. The first-order valence-electron chi connectivity index (χ1n) is 11.8. The van der Waals surface area contributed by atoms with E-state index in [4.69, 9.17) is 4.74 Å². The summed E-state index contributed by atoms with van der Waals surface area (Å²) in [5, 5.41) is 20.9. The Hall–Kier alpha value is -1.22. The minimum Gasteiger partial charge on any atom is -0.508 e. The van der Waals surface area contributed by atoms with Crippen LogP contribution in [0.3, 0.4) is 0 Å². The third-order valence-electron chi connectivity index (χ3n) is 10.1. The van der Waals surface area contributed by atoms with Gasteiger partial charge in [0.2, 0.25) is 0 Å². The highest BCUT2D eigenvalue weighted by atomic mass is 16.5. The van der Waals surface area contributed by atoms with Crippen LogP contribution >= 0.6 is 0 Å². The van der Waals surface area contributed by atoms with Gasteiger partial charge < -0.3 is 14.9 Å². The number of phenolic OH excluding ortho intramolecular Hbond substituents is 1. The van der Waals surface area contributed by atoms with Crippen molar-refractivity contribution < 1.29 is 14.9 Å². The van der Waals surface area contributed by atoms with Crippen LogP contribution in [0.2, 0.25) is 0 Å². The van der Waals surface area contributed by atoms with Crippen LogP contribution in [0.1, 0.15) is 78.2 Å². The minimum absolute atomic E-state index is 0.0647. The molecule has 0 saturated heterocycles. The van der Waals surface area contributed by atoms with Gasteiger partial charge in [0, 0.05) is 17.9 Å². The summed E-state index contributed by atoms with van der Waals surface area (Å²) in [5.41, 5.74) is 1.56. The first-order chi connectivity index (χ1) is 13.6. The first kappa shape index (κ1) is 19.7. The number of aromatic hydroxyl groups is 1. The Labute approximate surface area is 175 Å². The Balaban J connectivity index is 1.57. The Morgan fingerprint density at radius 1 is 0.966 bits per heavy atom. The number of hydrogen-bond donors (Lipinski definition) is 2. The Bertz CT molecular complexity index is 816. The molecule has 0 bridgehead atoms. The van der Waals surface area contributed by atoms with E-state index in [9.17, 15) is 10.2 Å². The van der Waals surface area contributed by atoms with Crippen molar-refractivity contribution in [2.45, 2.75) is 84.7 Å². The molecule has 3 saturated carbocycles. The van der Waals surface area contributed by atoms with Gasteiger partial charge in [-0.1, -0.05) is 27.2 Å². The van der Waals surface area contributed by atoms with Crippen LogP contribution in [0.15, 0.2) is 18.2 Å². The molecule has 0 amide bonds. The van der Waals surface area contributed by atoms with E-state index in [1.165, 1.54) is 32.1 Å². The van der Waals surface area contributed by atoms with Crippen molar-refractivity contribution in [2.75, 3.05) is 6.61 Å². The highest BCUT2D eigenvalue weighted by molar-refractivity contribution is 5.43. The zero-order valence-electron chi connectivity index (χ0n) is 18.6. The predicted molar refractivity (Wildman–Crippen MR) is 115 cm³/mol. The molecular formula is C26H38O3. The molecule has 0 aromatic heterocycles. The van der Waals surface area contributed by atoms with Crippen LogP contribution in [-0.2, 0) is 6.42 Å². The molecule has 5 rings (SSSR count). The Kier molecular flexibility index (Phi) is 4.19. The summed E-state index contributed by atoms with van der Waals surface area (Å²) < 4.78 is 6.66. The molecule has 0 spiro atoms. The van der Waals surface area contributed by atoms with E-state index in [1.807, 2.05) is 12.1 Å². The molecule has 29 heavy (non-hydrogen) atoms. The number of benzene rings is 1. The van der Waals surface area contributed by atoms with Crippen molar-refractivity contribution in [3.8, 4) is 11.5 Å². The standard InChI is InChI=1S/C26H38O3/c1-23(2)10-5-11-26(16-27)20(23)8-12-24(3)21(26)9-13-25(4)22(24)15-17-14-18(28)6-7-19(17)29-25/h6-7,14,20-22,27-28H,5,8-13,15-16H2,1-4H3/t20?,21?,22?,24-,25+,26-/m1/s1. The molecule has 6 atom stereocenters. The van der Waals surface area contributed by atoms with Crippen molar-refractivity contribution in [1.29, 1.82) is 0 Å². The molecule has 3 fully saturated rings. The van der Waals surface area contributed by atoms with Gasteiger partial charge in [-0.25, -0.2) is 0 Å². The van der Waals surface area contributed by atoms with Crippen molar-refractivity contribution in [2.24, 2.45) is 34.0 Å². The average molecular weight is 399 g/mol. The molecule has 4 aliphatic rings. The summed E-state index contributed by atoms with van der Waals surface area (Å²) in [4.78, 5) is 0. The number of phenols is 1. The van der Waals surface area contributed by atoms with Gasteiger partial charge in [0.1, 0.15) is 17.1 Å². The zero-order valence-corrected chi connectivity index (χ0v) is 18.6. The topological polar surface area (TPSA) is 49.7 Å². The molecule has 1 heterocycles. The van der Waals surface area contributed by atoms with E-state index < -0.39 is 0 Å².